The van der Waals surface area contributed by atoms with E-state index in [2.05, 4.69) is 31.1 Å². The van der Waals surface area contributed by atoms with Gasteiger partial charge in [-0.1, -0.05) is 31.1 Å². The number of fused-ring (bicyclic) bond motifs is 2. The van der Waals surface area contributed by atoms with Crippen LogP contribution in [0.4, 0.5) is 0 Å². The van der Waals surface area contributed by atoms with E-state index in [4.69, 9.17) is 10.4 Å². The van der Waals surface area contributed by atoms with Crippen LogP contribution in [0.25, 0.3) is 0 Å². The van der Waals surface area contributed by atoms with Crippen molar-refractivity contribution in [2.24, 2.45) is 27.1 Å². The molecule has 2 bridgehead atoms. The van der Waals surface area contributed by atoms with Crippen molar-refractivity contribution in [2.45, 2.75) is 33.6 Å². The molecule has 2 rings (SSSR count). The van der Waals surface area contributed by atoms with Crippen LogP contribution in [-0.2, 0) is 0 Å². The molecule has 0 heterocycles. The zero-order chi connectivity index (χ0) is 10.6. The van der Waals surface area contributed by atoms with Crippen LogP contribution in [0.15, 0.2) is 10.3 Å². The minimum atomic E-state index is -0.145. The van der Waals surface area contributed by atoms with Gasteiger partial charge in [0.15, 0.2) is 0 Å². The highest BCUT2D eigenvalue weighted by molar-refractivity contribution is 6.47. The summed E-state index contributed by atoms with van der Waals surface area (Å²) in [6.45, 7) is 6.38. The van der Waals surface area contributed by atoms with Gasteiger partial charge in [-0.3, -0.25) is 0 Å². The monoisotopic (exact) mass is 196 g/mol. The van der Waals surface area contributed by atoms with E-state index in [9.17, 15) is 0 Å². The second-order valence-electron chi connectivity index (χ2n) is 5.08. The first-order valence-corrected chi connectivity index (χ1v) is 4.94. The van der Waals surface area contributed by atoms with Crippen LogP contribution in [0, 0.1) is 16.7 Å². The van der Waals surface area contributed by atoms with Crippen molar-refractivity contribution in [1.29, 1.82) is 0 Å². The van der Waals surface area contributed by atoms with Gasteiger partial charge in [-0.2, -0.15) is 0 Å². The van der Waals surface area contributed by atoms with E-state index >= 15 is 0 Å². The Kier molecular flexibility index (Phi) is 1.69. The Morgan fingerprint density at radius 2 is 1.86 bits per heavy atom. The topological polar surface area (TPSA) is 65.2 Å². The number of oxime groups is 2. The second-order valence-corrected chi connectivity index (χ2v) is 5.08. The Bertz CT molecular complexity index is 333. The Hall–Kier alpha value is -1.06. The number of hydrogen-bond donors (Lipinski definition) is 2. The molecule has 0 aromatic carbocycles. The van der Waals surface area contributed by atoms with Crippen LogP contribution >= 0.6 is 0 Å². The second kappa shape index (κ2) is 2.49. The summed E-state index contributed by atoms with van der Waals surface area (Å²) < 4.78 is 0. The fourth-order valence-corrected chi connectivity index (χ4v) is 3.13. The number of rotatable bonds is 0. The average molecular weight is 196 g/mol. The minimum absolute atomic E-state index is 0.0239. The molecule has 2 aliphatic rings. The summed E-state index contributed by atoms with van der Waals surface area (Å²) >= 11 is 0. The molecule has 0 aromatic rings. The molecule has 2 unspecified atom stereocenters. The SMILES string of the molecule is CC12CCC(C(=N/O)/C1=N/O)C2(C)C. The van der Waals surface area contributed by atoms with Gasteiger partial charge in [0, 0.05) is 11.3 Å². The van der Waals surface area contributed by atoms with Gasteiger partial charge in [0.1, 0.15) is 11.4 Å². The van der Waals surface area contributed by atoms with Crippen LogP contribution in [-0.4, -0.2) is 21.8 Å². The van der Waals surface area contributed by atoms with Crippen LogP contribution in [0.3, 0.4) is 0 Å². The van der Waals surface area contributed by atoms with Gasteiger partial charge in [-0.25, -0.2) is 0 Å². The maximum Gasteiger partial charge on any atom is 0.111 e. The van der Waals surface area contributed by atoms with E-state index in [1.165, 1.54) is 0 Å². The molecular weight excluding hydrogens is 180 g/mol. The van der Waals surface area contributed by atoms with Gasteiger partial charge < -0.3 is 10.4 Å². The molecule has 0 saturated heterocycles. The van der Waals surface area contributed by atoms with Gasteiger partial charge in [0.05, 0.1) is 0 Å². The highest BCUT2D eigenvalue weighted by Crippen LogP contribution is 2.62. The number of nitrogens with zero attached hydrogens (tertiary/aromatic N) is 2. The zero-order valence-electron chi connectivity index (χ0n) is 8.78. The van der Waals surface area contributed by atoms with Crippen LogP contribution in [0.2, 0.25) is 0 Å². The lowest BCUT2D eigenvalue weighted by atomic mass is 9.70. The molecule has 78 valence electrons. The maximum absolute atomic E-state index is 8.98. The summed E-state index contributed by atoms with van der Waals surface area (Å²) in [5.74, 6) is 0.225. The largest absolute Gasteiger partial charge is 0.411 e. The molecule has 2 saturated carbocycles. The highest BCUT2D eigenvalue weighted by Gasteiger charge is 2.64. The summed E-state index contributed by atoms with van der Waals surface area (Å²) in [5.41, 5.74) is 1.02. The first kappa shape index (κ1) is 9.49. The molecule has 0 amide bonds. The first-order chi connectivity index (χ1) is 6.49. The van der Waals surface area contributed by atoms with Gasteiger partial charge in [0.2, 0.25) is 0 Å². The van der Waals surface area contributed by atoms with E-state index in [-0.39, 0.29) is 16.7 Å². The lowest BCUT2D eigenvalue weighted by Crippen LogP contribution is -2.33. The van der Waals surface area contributed by atoms with Crippen molar-refractivity contribution in [3.05, 3.63) is 0 Å². The quantitative estimate of drug-likeness (QED) is 0.460. The molecule has 0 aliphatic heterocycles. The van der Waals surface area contributed by atoms with Crippen LogP contribution in [0.1, 0.15) is 33.6 Å². The van der Waals surface area contributed by atoms with Crippen LogP contribution < -0.4 is 0 Å². The lowest BCUT2D eigenvalue weighted by Gasteiger charge is -2.32. The van der Waals surface area contributed by atoms with E-state index in [0.29, 0.717) is 11.4 Å². The Labute approximate surface area is 83.3 Å². The Balaban J connectivity index is 2.60. The van der Waals surface area contributed by atoms with Crippen molar-refractivity contribution in [2.75, 3.05) is 0 Å². The summed E-state index contributed by atoms with van der Waals surface area (Å²) in [7, 11) is 0. The molecule has 0 radical (unpaired) electrons. The summed E-state index contributed by atoms with van der Waals surface area (Å²) in [6.07, 6.45) is 2.02. The summed E-state index contributed by atoms with van der Waals surface area (Å²) in [5, 5.41) is 24.5. The molecule has 4 heteroatoms. The summed E-state index contributed by atoms with van der Waals surface area (Å²) in [4.78, 5) is 0. The van der Waals surface area contributed by atoms with Gasteiger partial charge in [-0.15, -0.1) is 0 Å². The average Bonchev–Trinajstić information content (AvgIpc) is 2.46. The lowest BCUT2D eigenvalue weighted by molar-refractivity contribution is 0.200. The first-order valence-electron chi connectivity index (χ1n) is 4.94. The Morgan fingerprint density at radius 1 is 1.21 bits per heavy atom. The Morgan fingerprint density at radius 3 is 2.29 bits per heavy atom. The fraction of sp³-hybridized carbons (Fsp3) is 0.800. The van der Waals surface area contributed by atoms with E-state index in [1.807, 2.05) is 0 Å². The van der Waals surface area contributed by atoms with Gasteiger partial charge >= 0.3 is 0 Å². The molecule has 2 atom stereocenters. The highest BCUT2D eigenvalue weighted by atomic mass is 16.4. The minimum Gasteiger partial charge on any atom is -0.411 e. The fourth-order valence-electron chi connectivity index (χ4n) is 3.13. The predicted octanol–water partition coefficient (Wildman–Crippen LogP) is 2.10. The maximum atomic E-state index is 8.98. The number of hydrogen-bond acceptors (Lipinski definition) is 4. The third-order valence-corrected chi connectivity index (χ3v) is 4.53. The standard InChI is InChI=1S/C10H16N2O2/c1-9(2)6-4-5-10(9,3)8(12-14)7(6)11-13/h6,13-14H,4-5H2,1-3H3/b11-7-,12-8-. The smallest absolute Gasteiger partial charge is 0.111 e. The molecule has 0 spiro atoms. The molecule has 4 nitrogen and oxygen atoms in total. The van der Waals surface area contributed by atoms with Gasteiger partial charge in [-0.05, 0) is 18.3 Å². The molecule has 2 aliphatic carbocycles. The van der Waals surface area contributed by atoms with E-state index < -0.39 is 0 Å². The molecule has 0 aromatic heterocycles. The van der Waals surface area contributed by atoms with Crippen LogP contribution in [0.5, 0.6) is 0 Å². The van der Waals surface area contributed by atoms with E-state index in [1.54, 1.807) is 0 Å². The van der Waals surface area contributed by atoms with Crippen molar-refractivity contribution < 1.29 is 10.4 Å². The normalized spacial score (nSPS) is 45.2. The third kappa shape index (κ3) is 0.751. The van der Waals surface area contributed by atoms with Crippen molar-refractivity contribution in [1.82, 2.24) is 0 Å². The third-order valence-electron chi connectivity index (χ3n) is 4.53. The van der Waals surface area contributed by atoms with Crippen molar-refractivity contribution in [3.63, 3.8) is 0 Å². The molecular formula is C10H16N2O2. The molecule has 2 fully saturated rings. The van der Waals surface area contributed by atoms with Gasteiger partial charge in [0.25, 0.3) is 0 Å². The van der Waals surface area contributed by atoms with Crippen molar-refractivity contribution in [3.8, 4) is 0 Å². The van der Waals surface area contributed by atoms with Crippen molar-refractivity contribution >= 4 is 11.4 Å². The zero-order valence-corrected chi connectivity index (χ0v) is 8.78. The molecule has 2 N–H and O–H groups in total. The summed E-state index contributed by atoms with van der Waals surface area (Å²) in [6, 6.07) is 0. The van der Waals surface area contributed by atoms with E-state index in [0.717, 1.165) is 12.8 Å². The predicted molar refractivity (Wildman–Crippen MR) is 53.1 cm³/mol. The molecule has 14 heavy (non-hydrogen) atoms.